The van der Waals surface area contributed by atoms with Crippen molar-refractivity contribution < 1.29 is 14.3 Å². The predicted molar refractivity (Wildman–Crippen MR) is 128 cm³/mol. The van der Waals surface area contributed by atoms with Gasteiger partial charge >= 0.3 is 6.03 Å². The van der Waals surface area contributed by atoms with Crippen LogP contribution in [0.4, 0.5) is 10.6 Å². The molecule has 1 aliphatic heterocycles. The van der Waals surface area contributed by atoms with E-state index in [4.69, 9.17) is 4.74 Å². The summed E-state index contributed by atoms with van der Waals surface area (Å²) in [4.78, 5) is 30.4. The molecule has 0 aliphatic carbocycles. The predicted octanol–water partition coefficient (Wildman–Crippen LogP) is 2.41. The highest BCUT2D eigenvalue weighted by atomic mass is 16.5. The molecule has 9 heteroatoms. The molecule has 1 aromatic heterocycles. The van der Waals surface area contributed by atoms with Gasteiger partial charge in [0.1, 0.15) is 12.3 Å². The number of urea groups is 1. The molecule has 1 fully saturated rings. The van der Waals surface area contributed by atoms with Gasteiger partial charge in [0.15, 0.2) is 5.82 Å². The van der Waals surface area contributed by atoms with E-state index in [2.05, 4.69) is 27.0 Å². The smallest absolute Gasteiger partial charge is 0.318 e. The maximum atomic E-state index is 12.8. The Bertz CT molecular complexity index is 941. The average Bonchev–Trinajstić information content (AvgIpc) is 2.87. The highest BCUT2D eigenvalue weighted by molar-refractivity contribution is 5.84. The van der Waals surface area contributed by atoms with Gasteiger partial charge in [-0.3, -0.25) is 4.79 Å². The first-order chi connectivity index (χ1) is 16.0. The molecule has 1 N–H and O–H groups in total. The summed E-state index contributed by atoms with van der Waals surface area (Å²) in [5, 5.41) is 11.6. The van der Waals surface area contributed by atoms with Crippen molar-refractivity contribution in [3.8, 4) is 17.0 Å². The number of carbonyl (C=O) groups is 2. The second-order valence-electron chi connectivity index (χ2n) is 7.78. The van der Waals surface area contributed by atoms with Gasteiger partial charge in [-0.1, -0.05) is 25.1 Å². The summed E-state index contributed by atoms with van der Waals surface area (Å²) in [5.41, 5.74) is 1.71. The van der Waals surface area contributed by atoms with E-state index in [-0.39, 0.29) is 18.5 Å². The van der Waals surface area contributed by atoms with Gasteiger partial charge in [-0.05, 0) is 30.7 Å². The van der Waals surface area contributed by atoms with Crippen molar-refractivity contribution in [1.82, 2.24) is 25.3 Å². The molecule has 0 radical (unpaired) electrons. The number of anilines is 1. The third-order valence-corrected chi connectivity index (χ3v) is 5.46. The van der Waals surface area contributed by atoms with Crippen molar-refractivity contribution in [2.24, 2.45) is 0 Å². The fourth-order valence-electron chi connectivity index (χ4n) is 3.60. The molecule has 1 aliphatic rings. The summed E-state index contributed by atoms with van der Waals surface area (Å²) in [6, 6.07) is 11.3. The topological polar surface area (TPSA) is 90.9 Å². The SMILES string of the molecule is C=CCN(CC(=O)N1CCN(c2ccc(-c3cccc(OC)c3)nn2)CC1)C(=O)NCCC. The van der Waals surface area contributed by atoms with Crippen LogP contribution in [-0.4, -0.2) is 84.9 Å². The summed E-state index contributed by atoms with van der Waals surface area (Å²) in [6.07, 6.45) is 2.47. The number of piperazine rings is 1. The summed E-state index contributed by atoms with van der Waals surface area (Å²) >= 11 is 0. The first-order valence-electron chi connectivity index (χ1n) is 11.2. The Hall–Kier alpha value is -3.62. The molecule has 3 amide bonds. The fourth-order valence-corrected chi connectivity index (χ4v) is 3.60. The zero-order valence-corrected chi connectivity index (χ0v) is 19.4. The van der Waals surface area contributed by atoms with Gasteiger partial charge in [-0.15, -0.1) is 16.8 Å². The normalized spacial score (nSPS) is 13.4. The highest BCUT2D eigenvalue weighted by Gasteiger charge is 2.25. The van der Waals surface area contributed by atoms with Crippen molar-refractivity contribution in [3.63, 3.8) is 0 Å². The van der Waals surface area contributed by atoms with Crippen molar-refractivity contribution in [3.05, 3.63) is 49.1 Å². The number of ether oxygens (including phenoxy) is 1. The van der Waals surface area contributed by atoms with Crippen LogP contribution in [0, 0.1) is 0 Å². The summed E-state index contributed by atoms with van der Waals surface area (Å²) < 4.78 is 5.27. The molecular weight excluding hydrogens is 420 g/mol. The fraction of sp³-hybridized carbons (Fsp3) is 0.417. The van der Waals surface area contributed by atoms with E-state index in [9.17, 15) is 9.59 Å². The lowest BCUT2D eigenvalue weighted by Gasteiger charge is -2.36. The summed E-state index contributed by atoms with van der Waals surface area (Å²) in [5.74, 6) is 1.48. The first-order valence-corrected chi connectivity index (χ1v) is 11.2. The molecule has 0 spiro atoms. The Morgan fingerprint density at radius 3 is 2.61 bits per heavy atom. The summed E-state index contributed by atoms with van der Waals surface area (Å²) in [7, 11) is 1.64. The van der Waals surface area contributed by atoms with Crippen molar-refractivity contribution in [2.75, 3.05) is 57.8 Å². The van der Waals surface area contributed by atoms with Gasteiger partial charge in [-0.25, -0.2) is 4.79 Å². The van der Waals surface area contributed by atoms with Gasteiger partial charge in [-0.2, -0.15) is 0 Å². The van der Waals surface area contributed by atoms with Gasteiger partial charge in [0.2, 0.25) is 5.91 Å². The van der Waals surface area contributed by atoms with Crippen LogP contribution in [0.5, 0.6) is 5.75 Å². The van der Waals surface area contributed by atoms with Gasteiger partial charge in [0, 0.05) is 44.8 Å². The Morgan fingerprint density at radius 2 is 1.97 bits per heavy atom. The molecule has 0 unspecified atom stereocenters. The molecule has 1 aromatic carbocycles. The minimum absolute atomic E-state index is 0.0383. The molecule has 9 nitrogen and oxygen atoms in total. The molecular formula is C24H32N6O3. The van der Waals surface area contributed by atoms with Crippen molar-refractivity contribution in [2.45, 2.75) is 13.3 Å². The lowest BCUT2D eigenvalue weighted by atomic mass is 10.1. The molecule has 1 saturated heterocycles. The second-order valence-corrected chi connectivity index (χ2v) is 7.78. The van der Waals surface area contributed by atoms with E-state index < -0.39 is 0 Å². The van der Waals surface area contributed by atoms with Crippen LogP contribution < -0.4 is 15.0 Å². The molecule has 3 rings (SSSR count). The van der Waals surface area contributed by atoms with E-state index in [1.807, 2.05) is 43.3 Å². The first kappa shape index (κ1) is 24.0. The number of nitrogens with one attached hydrogen (secondary N) is 1. The number of benzene rings is 1. The maximum Gasteiger partial charge on any atom is 0.318 e. The molecule has 2 heterocycles. The Balaban J connectivity index is 1.54. The zero-order chi connectivity index (χ0) is 23.6. The van der Waals surface area contributed by atoms with Crippen molar-refractivity contribution in [1.29, 1.82) is 0 Å². The van der Waals surface area contributed by atoms with Crippen LogP contribution in [0.15, 0.2) is 49.1 Å². The number of carbonyl (C=O) groups excluding carboxylic acids is 2. The molecule has 0 atom stereocenters. The number of nitrogens with zero attached hydrogens (tertiary/aromatic N) is 5. The van der Waals surface area contributed by atoms with Crippen LogP contribution in [0.25, 0.3) is 11.3 Å². The third kappa shape index (κ3) is 6.44. The van der Waals surface area contributed by atoms with E-state index in [1.54, 1.807) is 18.1 Å². The largest absolute Gasteiger partial charge is 0.497 e. The molecule has 176 valence electrons. The van der Waals surface area contributed by atoms with Gasteiger partial charge in [0.05, 0.1) is 12.8 Å². The average molecular weight is 453 g/mol. The summed E-state index contributed by atoms with van der Waals surface area (Å²) in [6.45, 7) is 9.06. The van der Waals surface area contributed by atoms with Crippen molar-refractivity contribution >= 4 is 17.8 Å². The number of methoxy groups -OCH3 is 1. The van der Waals surface area contributed by atoms with Crippen LogP contribution in [0.2, 0.25) is 0 Å². The van der Waals surface area contributed by atoms with Crippen LogP contribution in [-0.2, 0) is 4.79 Å². The van der Waals surface area contributed by atoms with E-state index in [0.29, 0.717) is 39.3 Å². The van der Waals surface area contributed by atoms with E-state index >= 15 is 0 Å². The standard InChI is InChI=1S/C24H32N6O3/c1-4-11-25-24(32)30(12-5-2)18-23(31)29-15-13-28(14-16-29)22-10-9-21(26-27-22)19-7-6-8-20(17-19)33-3/h5-10,17H,2,4,11-16,18H2,1,3H3,(H,25,32). The Labute approximate surface area is 195 Å². The lowest BCUT2D eigenvalue weighted by Crippen LogP contribution is -2.53. The van der Waals surface area contributed by atoms with E-state index in [0.717, 1.165) is 29.2 Å². The number of rotatable bonds is 9. The number of hydrogen-bond donors (Lipinski definition) is 1. The molecule has 0 saturated carbocycles. The molecule has 33 heavy (non-hydrogen) atoms. The highest BCUT2D eigenvalue weighted by Crippen LogP contribution is 2.23. The van der Waals surface area contributed by atoms with Crippen LogP contribution >= 0.6 is 0 Å². The quantitative estimate of drug-likeness (QED) is 0.588. The number of hydrogen-bond acceptors (Lipinski definition) is 6. The minimum atomic E-state index is -0.241. The third-order valence-electron chi connectivity index (χ3n) is 5.46. The molecule has 2 aromatic rings. The molecule has 0 bridgehead atoms. The Morgan fingerprint density at radius 1 is 1.18 bits per heavy atom. The van der Waals surface area contributed by atoms with Crippen LogP contribution in [0.1, 0.15) is 13.3 Å². The Kier molecular flexibility index (Phi) is 8.63. The lowest BCUT2D eigenvalue weighted by molar-refractivity contribution is -0.132. The second kappa shape index (κ2) is 11.8. The monoisotopic (exact) mass is 452 g/mol. The maximum absolute atomic E-state index is 12.8. The zero-order valence-electron chi connectivity index (χ0n) is 19.4. The van der Waals surface area contributed by atoms with Gasteiger partial charge in [0.25, 0.3) is 0 Å². The number of amides is 3. The number of aromatic nitrogens is 2. The minimum Gasteiger partial charge on any atom is -0.497 e. The van der Waals surface area contributed by atoms with Gasteiger partial charge < -0.3 is 24.8 Å². The van der Waals surface area contributed by atoms with Crippen LogP contribution in [0.3, 0.4) is 0 Å². The van der Waals surface area contributed by atoms with E-state index in [1.165, 1.54) is 4.90 Å².